The van der Waals surface area contributed by atoms with Crippen LogP contribution >= 0.6 is 11.6 Å². The molecule has 1 N–H and O–H groups in total. The average molecular weight is 301 g/mol. The van der Waals surface area contributed by atoms with Gasteiger partial charge in [-0.15, -0.1) is 0 Å². The van der Waals surface area contributed by atoms with Gasteiger partial charge in [-0.2, -0.15) is 0 Å². The summed E-state index contributed by atoms with van der Waals surface area (Å²) in [6.45, 7) is 6.14. The lowest BCUT2D eigenvalue weighted by atomic mass is 10.1. The number of rotatable bonds is 2. The van der Waals surface area contributed by atoms with E-state index in [0.717, 1.165) is 28.0 Å². The van der Waals surface area contributed by atoms with Crippen LogP contribution in [0.1, 0.15) is 25.5 Å². The first-order valence-electron chi connectivity index (χ1n) is 6.95. The Hall–Kier alpha value is -2.00. The number of imidazole rings is 1. The van der Waals surface area contributed by atoms with Crippen molar-refractivity contribution in [1.82, 2.24) is 9.55 Å². The summed E-state index contributed by atoms with van der Waals surface area (Å²) in [5, 5.41) is 10.9. The summed E-state index contributed by atoms with van der Waals surface area (Å²) in [5.74, 6) is 1.01. The first-order chi connectivity index (χ1) is 9.97. The van der Waals surface area contributed by atoms with Crippen LogP contribution < -0.4 is 0 Å². The van der Waals surface area contributed by atoms with Crippen molar-refractivity contribution >= 4 is 22.6 Å². The van der Waals surface area contributed by atoms with E-state index in [1.165, 1.54) is 0 Å². The van der Waals surface area contributed by atoms with E-state index in [4.69, 9.17) is 11.6 Å². The van der Waals surface area contributed by atoms with Gasteiger partial charge >= 0.3 is 0 Å². The molecule has 0 radical (unpaired) electrons. The number of aromatic hydroxyl groups is 1. The van der Waals surface area contributed by atoms with Crippen molar-refractivity contribution in [3.8, 4) is 17.1 Å². The minimum atomic E-state index is 0.212. The van der Waals surface area contributed by atoms with Crippen LogP contribution in [0.5, 0.6) is 5.75 Å². The third-order valence-electron chi connectivity index (χ3n) is 3.56. The normalized spacial score (nSPS) is 11.5. The summed E-state index contributed by atoms with van der Waals surface area (Å²) in [5.41, 5.74) is 3.61. The van der Waals surface area contributed by atoms with Gasteiger partial charge in [0.1, 0.15) is 11.6 Å². The Morgan fingerprint density at radius 1 is 1.14 bits per heavy atom. The topological polar surface area (TPSA) is 38.0 Å². The van der Waals surface area contributed by atoms with Gasteiger partial charge in [0.2, 0.25) is 0 Å². The van der Waals surface area contributed by atoms with Crippen molar-refractivity contribution < 1.29 is 5.11 Å². The molecule has 108 valence electrons. The lowest BCUT2D eigenvalue weighted by molar-refractivity contribution is 0.475. The van der Waals surface area contributed by atoms with Gasteiger partial charge in [-0.1, -0.05) is 17.7 Å². The highest BCUT2D eigenvalue weighted by atomic mass is 35.5. The summed E-state index contributed by atoms with van der Waals surface area (Å²) in [7, 11) is 0. The Morgan fingerprint density at radius 3 is 2.57 bits per heavy atom. The maximum absolute atomic E-state index is 10.3. The number of aromatic nitrogens is 2. The summed E-state index contributed by atoms with van der Waals surface area (Å²) >= 11 is 6.11. The van der Waals surface area contributed by atoms with Crippen LogP contribution in [0.4, 0.5) is 0 Å². The molecule has 0 saturated carbocycles. The van der Waals surface area contributed by atoms with Crippen LogP contribution in [0.15, 0.2) is 36.4 Å². The van der Waals surface area contributed by atoms with Gasteiger partial charge in [0.15, 0.2) is 0 Å². The molecule has 3 nitrogen and oxygen atoms in total. The van der Waals surface area contributed by atoms with Gasteiger partial charge in [0.05, 0.1) is 16.6 Å². The molecule has 0 unspecified atom stereocenters. The van der Waals surface area contributed by atoms with E-state index in [9.17, 15) is 5.11 Å². The number of nitrogens with zero attached hydrogens (tertiary/aromatic N) is 2. The quantitative estimate of drug-likeness (QED) is 0.727. The standard InChI is InChI=1S/C17H17ClN2O/c1-10(2)20-15-9-12(18)5-7-14(15)19-17(20)13-6-4-11(3)8-16(13)21/h4-10,21H,1-3H3. The fourth-order valence-corrected chi connectivity index (χ4v) is 2.78. The van der Waals surface area contributed by atoms with Crippen molar-refractivity contribution in [2.24, 2.45) is 0 Å². The van der Waals surface area contributed by atoms with E-state index in [2.05, 4.69) is 23.4 Å². The van der Waals surface area contributed by atoms with Crippen LogP contribution in [0.2, 0.25) is 5.02 Å². The summed E-state index contributed by atoms with van der Waals surface area (Å²) < 4.78 is 2.10. The minimum absolute atomic E-state index is 0.212. The summed E-state index contributed by atoms with van der Waals surface area (Å²) in [6.07, 6.45) is 0. The predicted molar refractivity (Wildman–Crippen MR) is 87.0 cm³/mol. The van der Waals surface area contributed by atoms with Crippen LogP contribution in [-0.4, -0.2) is 14.7 Å². The lowest BCUT2D eigenvalue weighted by Crippen LogP contribution is -2.03. The number of phenolic OH excluding ortho intramolecular Hbond substituents is 1. The summed E-state index contributed by atoms with van der Waals surface area (Å²) in [4.78, 5) is 4.68. The van der Waals surface area contributed by atoms with Crippen molar-refractivity contribution in [1.29, 1.82) is 0 Å². The highest BCUT2D eigenvalue weighted by molar-refractivity contribution is 6.31. The number of hydrogen-bond acceptors (Lipinski definition) is 2. The molecule has 21 heavy (non-hydrogen) atoms. The first kappa shape index (κ1) is 14.0. The van der Waals surface area contributed by atoms with Crippen molar-refractivity contribution in [3.05, 3.63) is 47.0 Å². The molecule has 0 amide bonds. The van der Waals surface area contributed by atoms with E-state index in [0.29, 0.717) is 5.02 Å². The molecule has 0 aliphatic heterocycles. The highest BCUT2D eigenvalue weighted by Crippen LogP contribution is 2.34. The number of phenols is 1. The zero-order valence-electron chi connectivity index (χ0n) is 12.3. The SMILES string of the molecule is Cc1ccc(-c2nc3ccc(Cl)cc3n2C(C)C)c(O)c1. The number of fused-ring (bicyclic) bond motifs is 1. The first-order valence-corrected chi connectivity index (χ1v) is 7.32. The minimum Gasteiger partial charge on any atom is -0.507 e. The van der Waals surface area contributed by atoms with Crippen molar-refractivity contribution in [2.45, 2.75) is 26.8 Å². The Kier molecular flexibility index (Phi) is 3.38. The van der Waals surface area contributed by atoms with Gasteiger partial charge < -0.3 is 9.67 Å². The molecule has 0 aliphatic carbocycles. The average Bonchev–Trinajstić information content (AvgIpc) is 2.76. The largest absolute Gasteiger partial charge is 0.507 e. The van der Waals surface area contributed by atoms with Crippen LogP contribution in [0.25, 0.3) is 22.4 Å². The van der Waals surface area contributed by atoms with Gasteiger partial charge in [-0.25, -0.2) is 4.98 Å². The Balaban J connectivity index is 2.34. The van der Waals surface area contributed by atoms with Crippen molar-refractivity contribution in [3.63, 3.8) is 0 Å². The third kappa shape index (κ3) is 2.38. The maximum Gasteiger partial charge on any atom is 0.145 e. The molecule has 0 saturated heterocycles. The van der Waals surface area contributed by atoms with Crippen LogP contribution in [0.3, 0.4) is 0 Å². The monoisotopic (exact) mass is 300 g/mol. The number of benzene rings is 2. The predicted octanol–water partition coefficient (Wildman–Crippen LogP) is 4.95. The van der Waals surface area contributed by atoms with Crippen LogP contribution in [0, 0.1) is 6.92 Å². The molecule has 1 aromatic heterocycles. The van der Waals surface area contributed by atoms with Gasteiger partial charge in [-0.05, 0) is 56.7 Å². The maximum atomic E-state index is 10.3. The Labute approximate surface area is 128 Å². The molecule has 0 atom stereocenters. The molecule has 4 heteroatoms. The fraction of sp³-hybridized carbons (Fsp3) is 0.235. The number of halogens is 1. The zero-order valence-corrected chi connectivity index (χ0v) is 13.0. The second-order valence-corrected chi connectivity index (χ2v) is 5.99. The fourth-order valence-electron chi connectivity index (χ4n) is 2.61. The molecule has 0 spiro atoms. The number of hydrogen-bond donors (Lipinski definition) is 1. The van der Waals surface area contributed by atoms with Gasteiger partial charge in [0.25, 0.3) is 0 Å². The number of aryl methyl sites for hydroxylation is 1. The lowest BCUT2D eigenvalue weighted by Gasteiger charge is -2.14. The molecule has 1 heterocycles. The van der Waals surface area contributed by atoms with E-state index in [1.807, 2.05) is 37.3 Å². The molecule has 0 aliphatic rings. The third-order valence-corrected chi connectivity index (χ3v) is 3.80. The molecule has 0 bridgehead atoms. The molecule has 3 rings (SSSR count). The Morgan fingerprint density at radius 2 is 1.90 bits per heavy atom. The van der Waals surface area contributed by atoms with E-state index in [-0.39, 0.29) is 11.8 Å². The van der Waals surface area contributed by atoms with E-state index in [1.54, 1.807) is 6.07 Å². The molecular formula is C17H17ClN2O. The Bertz CT molecular complexity index is 821. The molecule has 3 aromatic rings. The van der Waals surface area contributed by atoms with E-state index >= 15 is 0 Å². The molecule has 0 fully saturated rings. The second kappa shape index (κ2) is 5.08. The summed E-state index contributed by atoms with van der Waals surface area (Å²) in [6, 6.07) is 11.5. The zero-order chi connectivity index (χ0) is 15.1. The second-order valence-electron chi connectivity index (χ2n) is 5.55. The van der Waals surface area contributed by atoms with E-state index < -0.39 is 0 Å². The van der Waals surface area contributed by atoms with Gasteiger partial charge in [-0.3, -0.25) is 0 Å². The van der Waals surface area contributed by atoms with Crippen LogP contribution in [-0.2, 0) is 0 Å². The smallest absolute Gasteiger partial charge is 0.145 e. The highest BCUT2D eigenvalue weighted by Gasteiger charge is 2.17. The molecular weight excluding hydrogens is 284 g/mol. The molecule has 2 aromatic carbocycles. The van der Waals surface area contributed by atoms with Gasteiger partial charge in [0, 0.05) is 11.1 Å². The van der Waals surface area contributed by atoms with Crippen molar-refractivity contribution in [2.75, 3.05) is 0 Å².